The first-order chi connectivity index (χ1) is 10.1. The van der Waals surface area contributed by atoms with Crippen molar-refractivity contribution in [3.05, 3.63) is 24.3 Å². The van der Waals surface area contributed by atoms with Gasteiger partial charge in [0.05, 0.1) is 0 Å². The molecule has 0 unspecified atom stereocenters. The molecule has 0 aliphatic carbocycles. The van der Waals surface area contributed by atoms with Crippen LogP contribution in [0.4, 0.5) is 4.79 Å². The lowest BCUT2D eigenvalue weighted by atomic mass is 10.2. The third-order valence-electron chi connectivity index (χ3n) is 3.65. The molecule has 1 N–H and O–H groups in total. The topological polar surface area (TPSA) is 79.3 Å². The van der Waals surface area contributed by atoms with Crippen LogP contribution < -0.4 is 9.47 Å². The Kier molecular flexibility index (Phi) is 3.55. The van der Waals surface area contributed by atoms with Gasteiger partial charge in [-0.25, -0.2) is 4.79 Å². The van der Waals surface area contributed by atoms with Gasteiger partial charge < -0.3 is 24.4 Å². The van der Waals surface area contributed by atoms with E-state index in [0.29, 0.717) is 37.7 Å². The smallest absolute Gasteiger partial charge is 0.407 e. The number of ether oxygens (including phenoxy) is 2. The van der Waals surface area contributed by atoms with Crippen molar-refractivity contribution in [1.82, 2.24) is 9.80 Å². The highest BCUT2D eigenvalue weighted by Crippen LogP contribution is 2.31. The molecule has 0 radical (unpaired) electrons. The second-order valence-electron chi connectivity index (χ2n) is 4.96. The molecular weight excluding hydrogens is 276 g/mol. The minimum atomic E-state index is -0.951. The Morgan fingerprint density at radius 2 is 1.67 bits per heavy atom. The number of amides is 2. The minimum absolute atomic E-state index is 0.158. The molecule has 0 saturated carbocycles. The van der Waals surface area contributed by atoms with Crippen molar-refractivity contribution in [3.63, 3.8) is 0 Å². The van der Waals surface area contributed by atoms with Gasteiger partial charge in [-0.2, -0.15) is 0 Å². The quantitative estimate of drug-likeness (QED) is 0.822. The molecule has 1 aromatic carbocycles. The highest BCUT2D eigenvalue weighted by molar-refractivity contribution is 5.82. The van der Waals surface area contributed by atoms with Crippen LogP contribution in [0.1, 0.15) is 0 Å². The Hall–Kier alpha value is -2.44. The van der Waals surface area contributed by atoms with Crippen LogP contribution >= 0.6 is 0 Å². The molecule has 2 amide bonds. The van der Waals surface area contributed by atoms with Gasteiger partial charge in [0.25, 0.3) is 5.91 Å². The molecule has 0 aromatic heterocycles. The van der Waals surface area contributed by atoms with E-state index in [4.69, 9.17) is 14.6 Å². The van der Waals surface area contributed by atoms with E-state index in [1.807, 2.05) is 12.1 Å². The number of carbonyl (C=O) groups excluding carboxylic acids is 1. The normalized spacial score (nSPS) is 21.0. The Labute approximate surface area is 121 Å². The predicted molar refractivity (Wildman–Crippen MR) is 72.5 cm³/mol. The summed E-state index contributed by atoms with van der Waals surface area (Å²) in [7, 11) is 0. The molecule has 2 aliphatic heterocycles. The summed E-state index contributed by atoms with van der Waals surface area (Å²) in [5.74, 6) is 1.04. The first-order valence-electron chi connectivity index (χ1n) is 6.80. The summed E-state index contributed by atoms with van der Waals surface area (Å²) in [4.78, 5) is 26.2. The van der Waals surface area contributed by atoms with Crippen molar-refractivity contribution < 1.29 is 24.2 Å². The van der Waals surface area contributed by atoms with Gasteiger partial charge in [0.1, 0.15) is 6.61 Å². The molecule has 7 heteroatoms. The number of carbonyl (C=O) groups is 2. The first-order valence-corrected chi connectivity index (χ1v) is 6.80. The van der Waals surface area contributed by atoms with Gasteiger partial charge in [0.15, 0.2) is 11.5 Å². The monoisotopic (exact) mass is 292 g/mol. The van der Waals surface area contributed by atoms with E-state index in [0.717, 1.165) is 0 Å². The highest BCUT2D eigenvalue weighted by Gasteiger charge is 2.33. The Bertz CT molecular complexity index is 554. The third kappa shape index (κ3) is 2.72. The van der Waals surface area contributed by atoms with Gasteiger partial charge in [0.2, 0.25) is 6.10 Å². The average Bonchev–Trinajstić information content (AvgIpc) is 2.54. The number of rotatable bonds is 1. The molecule has 2 aliphatic rings. The largest absolute Gasteiger partial charge is 0.485 e. The second kappa shape index (κ2) is 5.51. The molecule has 112 valence electrons. The summed E-state index contributed by atoms with van der Waals surface area (Å²) in [6.07, 6.45) is -1.62. The van der Waals surface area contributed by atoms with Crippen molar-refractivity contribution >= 4 is 12.0 Å². The summed E-state index contributed by atoms with van der Waals surface area (Å²) in [5.41, 5.74) is 0. The van der Waals surface area contributed by atoms with E-state index in [2.05, 4.69) is 0 Å². The average molecular weight is 292 g/mol. The van der Waals surface area contributed by atoms with Crippen molar-refractivity contribution in [2.45, 2.75) is 6.10 Å². The lowest BCUT2D eigenvalue weighted by molar-refractivity contribution is -0.142. The zero-order valence-corrected chi connectivity index (χ0v) is 11.4. The van der Waals surface area contributed by atoms with Crippen LogP contribution in [0.3, 0.4) is 0 Å². The molecular formula is C14H16N2O5. The maximum Gasteiger partial charge on any atom is 0.407 e. The number of hydrogen-bond donors (Lipinski definition) is 1. The Morgan fingerprint density at radius 3 is 2.33 bits per heavy atom. The molecule has 7 nitrogen and oxygen atoms in total. The van der Waals surface area contributed by atoms with Crippen LogP contribution in [0.5, 0.6) is 11.5 Å². The summed E-state index contributed by atoms with van der Waals surface area (Å²) in [6.45, 7) is 1.59. The summed E-state index contributed by atoms with van der Waals surface area (Å²) >= 11 is 0. The second-order valence-corrected chi connectivity index (χ2v) is 4.96. The Balaban J connectivity index is 1.61. The van der Waals surface area contributed by atoms with Crippen LogP contribution in [-0.4, -0.2) is 65.8 Å². The van der Waals surface area contributed by atoms with Gasteiger partial charge in [-0.3, -0.25) is 4.79 Å². The molecule has 0 bridgehead atoms. The van der Waals surface area contributed by atoms with Gasteiger partial charge >= 0.3 is 6.09 Å². The Morgan fingerprint density at radius 1 is 1.05 bits per heavy atom. The standard InChI is InChI=1S/C14H16N2O5/c17-13(15-5-7-16(8-6-15)14(18)19)12-9-20-10-3-1-2-4-11(10)21-12/h1-4,12H,5-9H2,(H,18,19)/t12-/m1/s1. The van der Waals surface area contributed by atoms with Crippen molar-refractivity contribution in [3.8, 4) is 11.5 Å². The highest BCUT2D eigenvalue weighted by atomic mass is 16.6. The lowest BCUT2D eigenvalue weighted by Crippen LogP contribution is -2.54. The summed E-state index contributed by atoms with van der Waals surface area (Å²) < 4.78 is 11.2. The summed E-state index contributed by atoms with van der Waals surface area (Å²) in [5, 5.41) is 8.90. The SMILES string of the molecule is O=C(O)N1CCN(C(=O)[C@H]2COc3ccccc3O2)CC1. The molecule has 21 heavy (non-hydrogen) atoms. The van der Waals surface area contributed by atoms with Crippen molar-refractivity contribution in [2.24, 2.45) is 0 Å². The van der Waals surface area contributed by atoms with Crippen LogP contribution in [-0.2, 0) is 4.79 Å². The number of nitrogens with zero attached hydrogens (tertiary/aromatic N) is 2. The van der Waals surface area contributed by atoms with E-state index in [-0.39, 0.29) is 12.5 Å². The van der Waals surface area contributed by atoms with Gasteiger partial charge in [0, 0.05) is 26.2 Å². The van der Waals surface area contributed by atoms with Gasteiger partial charge in [-0.1, -0.05) is 12.1 Å². The fourth-order valence-electron chi connectivity index (χ4n) is 2.46. The first kappa shape index (κ1) is 13.5. The van der Waals surface area contributed by atoms with E-state index < -0.39 is 12.2 Å². The van der Waals surface area contributed by atoms with Crippen molar-refractivity contribution in [1.29, 1.82) is 0 Å². The molecule has 1 atom stereocenters. The third-order valence-corrected chi connectivity index (χ3v) is 3.65. The molecule has 1 aromatic rings. The molecule has 1 saturated heterocycles. The van der Waals surface area contributed by atoms with Crippen molar-refractivity contribution in [2.75, 3.05) is 32.8 Å². The molecule has 3 rings (SSSR count). The van der Waals surface area contributed by atoms with Gasteiger partial charge in [-0.15, -0.1) is 0 Å². The maximum atomic E-state index is 12.4. The number of piperazine rings is 1. The molecule has 0 spiro atoms. The predicted octanol–water partition coefficient (Wildman–Crippen LogP) is 0.649. The fourth-order valence-corrected chi connectivity index (χ4v) is 2.46. The van der Waals surface area contributed by atoms with E-state index in [1.165, 1.54) is 4.90 Å². The fraction of sp³-hybridized carbons (Fsp3) is 0.429. The zero-order valence-electron chi connectivity index (χ0n) is 11.4. The van der Waals surface area contributed by atoms with E-state index in [1.54, 1.807) is 17.0 Å². The van der Waals surface area contributed by atoms with E-state index >= 15 is 0 Å². The van der Waals surface area contributed by atoms with Gasteiger partial charge in [-0.05, 0) is 12.1 Å². The number of hydrogen-bond acceptors (Lipinski definition) is 4. The molecule has 1 fully saturated rings. The molecule has 2 heterocycles. The lowest BCUT2D eigenvalue weighted by Gasteiger charge is -2.36. The maximum absolute atomic E-state index is 12.4. The zero-order chi connectivity index (χ0) is 14.8. The number of benzene rings is 1. The van der Waals surface area contributed by atoms with Crippen LogP contribution in [0.2, 0.25) is 0 Å². The van der Waals surface area contributed by atoms with E-state index in [9.17, 15) is 9.59 Å². The number of para-hydroxylation sites is 2. The van der Waals surface area contributed by atoms with Crippen LogP contribution in [0.15, 0.2) is 24.3 Å². The van der Waals surface area contributed by atoms with Crippen LogP contribution in [0, 0.1) is 0 Å². The minimum Gasteiger partial charge on any atom is -0.485 e. The number of fused-ring (bicyclic) bond motifs is 1. The summed E-state index contributed by atoms with van der Waals surface area (Å²) in [6, 6.07) is 7.22. The number of carboxylic acid groups (broad SMARTS) is 1. The van der Waals surface area contributed by atoms with Crippen LogP contribution in [0.25, 0.3) is 0 Å².